The van der Waals surface area contributed by atoms with Crippen LogP contribution in [0.25, 0.3) is 32.8 Å². The van der Waals surface area contributed by atoms with E-state index in [1.807, 2.05) is 0 Å². The summed E-state index contributed by atoms with van der Waals surface area (Å²) in [5, 5.41) is 5.28. The van der Waals surface area contributed by atoms with Crippen LogP contribution in [-0.2, 0) is 13.5 Å². The van der Waals surface area contributed by atoms with Gasteiger partial charge in [-0.2, -0.15) is 0 Å². The van der Waals surface area contributed by atoms with Gasteiger partial charge in [-0.15, -0.1) is 0 Å². The highest BCUT2D eigenvalue weighted by Crippen LogP contribution is 2.35. The number of rotatable bonds is 2. The molecule has 1 heteroatoms. The highest BCUT2D eigenvalue weighted by atomic mass is 14.9. The number of hydrogen-bond donors (Lipinski definition) is 0. The Morgan fingerprint density at radius 3 is 2.25 bits per heavy atom. The van der Waals surface area contributed by atoms with Crippen LogP contribution >= 0.6 is 0 Å². The summed E-state index contributed by atoms with van der Waals surface area (Å²) in [7, 11) is 2.18. The van der Waals surface area contributed by atoms with E-state index in [1.54, 1.807) is 0 Å². The van der Waals surface area contributed by atoms with Crippen molar-refractivity contribution in [2.75, 3.05) is 0 Å². The van der Waals surface area contributed by atoms with Gasteiger partial charge in [0.15, 0.2) is 6.20 Å². The molecule has 0 bridgehead atoms. The molecule has 0 aliphatic rings. The van der Waals surface area contributed by atoms with E-state index in [0.717, 1.165) is 6.42 Å². The molecule has 0 aliphatic heterocycles. The average Bonchev–Trinajstić information content (AvgIpc) is 2.63. The first kappa shape index (κ1) is 18.7. The van der Waals surface area contributed by atoms with Crippen molar-refractivity contribution in [1.29, 1.82) is 0 Å². The minimum Gasteiger partial charge on any atom is -0.201 e. The first-order valence-corrected chi connectivity index (χ1v) is 10.2. The third-order valence-corrected chi connectivity index (χ3v) is 5.70. The van der Waals surface area contributed by atoms with E-state index >= 15 is 0 Å². The number of pyridine rings is 1. The fraction of sp³-hybridized carbons (Fsp3) is 0.296. The summed E-state index contributed by atoms with van der Waals surface area (Å²) in [5.41, 5.74) is 7.04. The second-order valence-corrected chi connectivity index (χ2v) is 9.35. The van der Waals surface area contributed by atoms with Crippen LogP contribution in [0.5, 0.6) is 0 Å². The smallest absolute Gasteiger partial charge is 0.201 e. The van der Waals surface area contributed by atoms with E-state index < -0.39 is 0 Å². The summed E-state index contributed by atoms with van der Waals surface area (Å²) >= 11 is 0. The molecule has 1 nitrogen and oxygen atoms in total. The SMILES string of the molecule is Cc1cc(-c2c(C)ccc3c2ccc2ccccc23)[n+](C)cc1CC(C)(C)C. The molecule has 0 radical (unpaired) electrons. The Hall–Kier alpha value is -2.67. The zero-order valence-electron chi connectivity index (χ0n) is 17.9. The predicted octanol–water partition coefficient (Wildman–Crippen LogP) is 6.69. The largest absolute Gasteiger partial charge is 0.213 e. The number of aryl methyl sites for hydroxylation is 3. The standard InChI is InChI=1S/C27H30N/c1-18-11-13-23-22-10-8-7-9-20(22)12-14-24(23)26(18)25-15-19(2)21(17-28(25)6)16-27(3,4)5/h7-15,17H,16H2,1-6H3/q+1. The molecule has 0 aliphatic carbocycles. The monoisotopic (exact) mass is 368 g/mol. The summed E-state index contributed by atoms with van der Waals surface area (Å²) in [6, 6.07) is 20.1. The van der Waals surface area contributed by atoms with Crippen LogP contribution in [0.4, 0.5) is 0 Å². The lowest BCUT2D eigenvalue weighted by Crippen LogP contribution is -2.32. The average molecular weight is 369 g/mol. The molecule has 4 rings (SSSR count). The third kappa shape index (κ3) is 3.30. The molecule has 1 heterocycles. The maximum Gasteiger partial charge on any atom is 0.213 e. The highest BCUT2D eigenvalue weighted by molar-refractivity contribution is 6.12. The van der Waals surface area contributed by atoms with Crippen LogP contribution in [0.1, 0.15) is 37.5 Å². The fourth-order valence-electron chi connectivity index (χ4n) is 4.35. The molecular weight excluding hydrogens is 338 g/mol. The van der Waals surface area contributed by atoms with Gasteiger partial charge < -0.3 is 0 Å². The summed E-state index contributed by atoms with van der Waals surface area (Å²) < 4.78 is 2.31. The summed E-state index contributed by atoms with van der Waals surface area (Å²) in [4.78, 5) is 0. The van der Waals surface area contributed by atoms with Crippen LogP contribution in [0.15, 0.2) is 60.8 Å². The molecule has 1 aromatic heterocycles. The second kappa shape index (κ2) is 6.74. The third-order valence-electron chi connectivity index (χ3n) is 5.70. The van der Waals surface area contributed by atoms with Gasteiger partial charge in [0, 0.05) is 11.6 Å². The Kier molecular flexibility index (Phi) is 4.50. The van der Waals surface area contributed by atoms with Gasteiger partial charge in [-0.1, -0.05) is 69.3 Å². The van der Waals surface area contributed by atoms with Crippen LogP contribution < -0.4 is 4.57 Å². The zero-order chi connectivity index (χ0) is 20.1. The molecular formula is C27H30N+. The number of benzene rings is 3. The predicted molar refractivity (Wildman–Crippen MR) is 121 cm³/mol. The van der Waals surface area contributed by atoms with Crippen molar-refractivity contribution in [3.8, 4) is 11.3 Å². The molecule has 4 aromatic rings. The van der Waals surface area contributed by atoms with E-state index in [4.69, 9.17) is 0 Å². The second-order valence-electron chi connectivity index (χ2n) is 9.35. The van der Waals surface area contributed by atoms with Gasteiger partial charge in [0.25, 0.3) is 0 Å². The Labute approximate surface area is 168 Å². The Balaban J connectivity index is 1.98. The van der Waals surface area contributed by atoms with Gasteiger partial charge in [0.1, 0.15) is 7.05 Å². The van der Waals surface area contributed by atoms with Crippen molar-refractivity contribution in [3.63, 3.8) is 0 Å². The number of fused-ring (bicyclic) bond motifs is 3. The van der Waals surface area contributed by atoms with Crippen molar-refractivity contribution in [3.05, 3.63) is 77.5 Å². The van der Waals surface area contributed by atoms with Gasteiger partial charge >= 0.3 is 0 Å². The lowest BCUT2D eigenvalue weighted by atomic mass is 9.86. The Morgan fingerprint density at radius 1 is 0.786 bits per heavy atom. The van der Waals surface area contributed by atoms with Crippen molar-refractivity contribution >= 4 is 21.5 Å². The summed E-state index contributed by atoms with van der Waals surface area (Å²) in [6.45, 7) is 11.4. The lowest BCUT2D eigenvalue weighted by Gasteiger charge is -2.19. The van der Waals surface area contributed by atoms with Crippen LogP contribution in [0, 0.1) is 19.3 Å². The quantitative estimate of drug-likeness (QED) is 0.274. The minimum absolute atomic E-state index is 0.285. The molecule has 0 saturated carbocycles. The molecule has 0 unspecified atom stereocenters. The van der Waals surface area contributed by atoms with Crippen molar-refractivity contribution in [1.82, 2.24) is 0 Å². The normalized spacial score (nSPS) is 12.1. The maximum absolute atomic E-state index is 2.37. The molecule has 0 amide bonds. The molecule has 0 spiro atoms. The molecule has 3 aromatic carbocycles. The van der Waals surface area contributed by atoms with Crippen LogP contribution in [0.2, 0.25) is 0 Å². The van der Waals surface area contributed by atoms with E-state index in [0.29, 0.717) is 0 Å². The van der Waals surface area contributed by atoms with Crippen molar-refractivity contribution in [2.45, 2.75) is 41.0 Å². The van der Waals surface area contributed by atoms with E-state index in [9.17, 15) is 0 Å². The lowest BCUT2D eigenvalue weighted by molar-refractivity contribution is -0.660. The fourth-order valence-corrected chi connectivity index (χ4v) is 4.35. The zero-order valence-corrected chi connectivity index (χ0v) is 17.9. The van der Waals surface area contributed by atoms with E-state index in [2.05, 4.69) is 107 Å². The Morgan fingerprint density at radius 2 is 1.50 bits per heavy atom. The van der Waals surface area contributed by atoms with Gasteiger partial charge in [-0.05, 0) is 58.4 Å². The van der Waals surface area contributed by atoms with E-state index in [1.165, 1.54) is 49.5 Å². The molecule has 0 N–H and O–H groups in total. The van der Waals surface area contributed by atoms with E-state index in [-0.39, 0.29) is 5.41 Å². The van der Waals surface area contributed by atoms with Gasteiger partial charge in [0.2, 0.25) is 5.69 Å². The van der Waals surface area contributed by atoms with Gasteiger partial charge in [0.05, 0.1) is 5.56 Å². The summed E-state index contributed by atoms with van der Waals surface area (Å²) in [5.74, 6) is 0. The first-order chi connectivity index (χ1) is 13.2. The molecule has 0 fully saturated rings. The molecule has 0 saturated heterocycles. The topological polar surface area (TPSA) is 3.88 Å². The van der Waals surface area contributed by atoms with Gasteiger partial charge in [-0.3, -0.25) is 0 Å². The molecule has 0 atom stereocenters. The van der Waals surface area contributed by atoms with Gasteiger partial charge in [-0.25, -0.2) is 4.57 Å². The maximum atomic E-state index is 2.37. The highest BCUT2D eigenvalue weighted by Gasteiger charge is 2.21. The van der Waals surface area contributed by atoms with Crippen LogP contribution in [-0.4, -0.2) is 0 Å². The van der Waals surface area contributed by atoms with Crippen LogP contribution in [0.3, 0.4) is 0 Å². The number of hydrogen-bond acceptors (Lipinski definition) is 0. The Bertz CT molecular complexity index is 1190. The summed E-state index contributed by atoms with van der Waals surface area (Å²) in [6.07, 6.45) is 3.42. The number of aromatic nitrogens is 1. The molecule has 142 valence electrons. The van der Waals surface area contributed by atoms with Crippen molar-refractivity contribution < 1.29 is 4.57 Å². The van der Waals surface area contributed by atoms with Crippen molar-refractivity contribution in [2.24, 2.45) is 12.5 Å². The number of nitrogens with zero attached hydrogens (tertiary/aromatic N) is 1. The minimum atomic E-state index is 0.285. The molecule has 28 heavy (non-hydrogen) atoms. The first-order valence-electron chi connectivity index (χ1n) is 10.2.